The molecule has 0 aliphatic carbocycles. The van der Waals surface area contributed by atoms with Crippen LogP contribution in [0.3, 0.4) is 0 Å². The van der Waals surface area contributed by atoms with E-state index in [1.54, 1.807) is 0 Å². The van der Waals surface area contributed by atoms with E-state index in [2.05, 4.69) is 9.46 Å². The van der Waals surface area contributed by atoms with Crippen molar-refractivity contribution in [3.8, 4) is 0 Å². The molecule has 0 unspecified atom stereocenters. The number of ether oxygens (including phenoxy) is 1. The number of hydrogen-bond acceptors (Lipinski definition) is 4. The van der Waals surface area contributed by atoms with Crippen molar-refractivity contribution in [2.75, 3.05) is 19.1 Å². The second kappa shape index (κ2) is 5.28. The van der Waals surface area contributed by atoms with E-state index in [0.717, 1.165) is 0 Å². The molecule has 0 aromatic heterocycles. The van der Waals surface area contributed by atoms with Gasteiger partial charge in [-0.25, -0.2) is 17.9 Å². The van der Waals surface area contributed by atoms with Crippen molar-refractivity contribution in [3.05, 3.63) is 0 Å². The molecule has 1 fully saturated rings. The molecule has 0 amide bonds. The summed E-state index contributed by atoms with van der Waals surface area (Å²) >= 11 is 0. The number of sulfonamides is 1. The summed E-state index contributed by atoms with van der Waals surface area (Å²) in [6.07, 6.45) is -5.08. The van der Waals surface area contributed by atoms with Crippen molar-refractivity contribution < 1.29 is 36.2 Å². The Morgan fingerprint density at radius 1 is 1.40 bits per heavy atom. The normalized spacial score (nSPS) is 19.9. The minimum absolute atomic E-state index is 0.188. The van der Waals surface area contributed by atoms with Crippen molar-refractivity contribution >= 4 is 16.0 Å². The van der Waals surface area contributed by atoms with Gasteiger partial charge < -0.3 is 9.84 Å². The summed E-state index contributed by atoms with van der Waals surface area (Å²) in [7, 11) is -3.05. The number of aliphatic carboxylic acids is 1. The molecule has 2 N–H and O–H groups in total. The zero-order valence-corrected chi connectivity index (χ0v) is 8.06. The fourth-order valence-corrected chi connectivity index (χ4v) is 1.29. The molecule has 10 heteroatoms. The summed E-state index contributed by atoms with van der Waals surface area (Å²) in [6, 6.07) is 0. The van der Waals surface area contributed by atoms with Gasteiger partial charge in [-0.1, -0.05) is 0 Å². The highest BCUT2D eigenvalue weighted by molar-refractivity contribution is 7.89. The first-order valence-electron chi connectivity index (χ1n) is 3.50. The zero-order valence-electron chi connectivity index (χ0n) is 7.24. The molecule has 0 aromatic rings. The first kappa shape index (κ1) is 14.1. The first-order valence-corrected chi connectivity index (χ1v) is 5.15. The topological polar surface area (TPSA) is 92.7 Å². The molecule has 15 heavy (non-hydrogen) atoms. The maximum atomic E-state index is 10.6. The van der Waals surface area contributed by atoms with Crippen LogP contribution in [0, 0.1) is 0 Å². The Hall–Kier alpha value is -0.870. The van der Waals surface area contributed by atoms with E-state index >= 15 is 0 Å². The van der Waals surface area contributed by atoms with E-state index < -0.39 is 22.2 Å². The Labute approximate surface area is 83.1 Å². The minimum Gasteiger partial charge on any atom is -0.475 e. The van der Waals surface area contributed by atoms with Crippen LogP contribution in [0.5, 0.6) is 0 Å². The van der Waals surface area contributed by atoms with Crippen LogP contribution in [0.15, 0.2) is 0 Å². The molecular formula is C5H8F3NO5S. The van der Waals surface area contributed by atoms with Crippen LogP contribution in [-0.2, 0) is 19.6 Å². The summed E-state index contributed by atoms with van der Waals surface area (Å²) in [6.45, 7) is 0.890. The molecule has 0 bridgehead atoms. The average molecular weight is 251 g/mol. The molecule has 0 spiro atoms. The molecule has 1 aliphatic heterocycles. The molecule has 0 saturated carbocycles. The maximum Gasteiger partial charge on any atom is 0.490 e. The van der Waals surface area contributed by atoms with Gasteiger partial charge in [0.2, 0.25) is 10.0 Å². The lowest BCUT2D eigenvalue weighted by Gasteiger charge is -2.11. The Bertz CT molecular complexity index is 299. The van der Waals surface area contributed by atoms with Crippen LogP contribution in [0.1, 0.15) is 0 Å². The fourth-order valence-electron chi connectivity index (χ4n) is 0.480. The second-order valence-corrected chi connectivity index (χ2v) is 4.09. The third-order valence-electron chi connectivity index (χ3n) is 1.05. The maximum absolute atomic E-state index is 10.6. The van der Waals surface area contributed by atoms with Crippen molar-refractivity contribution in [1.82, 2.24) is 4.72 Å². The number of carbonyl (C=O) groups is 1. The number of carboxylic acids is 1. The van der Waals surface area contributed by atoms with Crippen molar-refractivity contribution in [3.63, 3.8) is 0 Å². The number of hydrogen-bond donors (Lipinski definition) is 2. The Balaban J connectivity index is 0.000000265. The van der Waals surface area contributed by atoms with Crippen LogP contribution in [0.25, 0.3) is 0 Å². The van der Waals surface area contributed by atoms with E-state index in [0.29, 0.717) is 13.2 Å². The summed E-state index contributed by atoms with van der Waals surface area (Å²) in [4.78, 5) is 8.90. The van der Waals surface area contributed by atoms with Crippen molar-refractivity contribution in [2.45, 2.75) is 6.18 Å². The summed E-state index contributed by atoms with van der Waals surface area (Å²) in [5.74, 6) is -2.94. The smallest absolute Gasteiger partial charge is 0.475 e. The van der Waals surface area contributed by atoms with Gasteiger partial charge in [0.05, 0.1) is 6.61 Å². The van der Waals surface area contributed by atoms with Gasteiger partial charge in [0.1, 0.15) is 0 Å². The molecule has 1 rings (SSSR count). The highest BCUT2D eigenvalue weighted by Crippen LogP contribution is 2.13. The first-order chi connectivity index (χ1) is 6.65. The molecule has 1 saturated heterocycles. The van der Waals surface area contributed by atoms with Gasteiger partial charge in [0.25, 0.3) is 0 Å². The van der Waals surface area contributed by atoms with Crippen LogP contribution in [-0.4, -0.2) is 44.8 Å². The number of alkyl halides is 3. The fraction of sp³-hybridized carbons (Fsp3) is 0.800. The lowest BCUT2D eigenvalue weighted by Crippen LogP contribution is -2.36. The lowest BCUT2D eigenvalue weighted by atomic mass is 10.7. The summed E-state index contributed by atoms with van der Waals surface area (Å²) in [5.41, 5.74) is 0. The van der Waals surface area contributed by atoms with E-state index in [-0.39, 0.29) is 5.94 Å². The van der Waals surface area contributed by atoms with E-state index in [4.69, 9.17) is 9.90 Å². The lowest BCUT2D eigenvalue weighted by molar-refractivity contribution is -0.192. The Morgan fingerprint density at radius 2 is 1.87 bits per heavy atom. The highest BCUT2D eigenvalue weighted by Gasteiger charge is 2.38. The predicted molar refractivity (Wildman–Crippen MR) is 41.4 cm³/mol. The van der Waals surface area contributed by atoms with Crippen molar-refractivity contribution in [2.24, 2.45) is 0 Å². The van der Waals surface area contributed by atoms with Crippen LogP contribution in [0.2, 0.25) is 0 Å². The third-order valence-corrected chi connectivity index (χ3v) is 2.17. The predicted octanol–water partition coefficient (Wildman–Crippen LogP) is -0.473. The molecule has 0 atom stereocenters. The van der Waals surface area contributed by atoms with Gasteiger partial charge in [0, 0.05) is 6.54 Å². The summed E-state index contributed by atoms with van der Waals surface area (Å²) in [5, 5.41) is 7.12. The molecular weight excluding hydrogens is 243 g/mol. The molecule has 90 valence electrons. The Morgan fingerprint density at radius 3 is 2.00 bits per heavy atom. The molecule has 1 aliphatic rings. The number of halogens is 3. The number of carboxylic acid groups (broad SMARTS) is 1. The van der Waals surface area contributed by atoms with Gasteiger partial charge in [-0.15, -0.1) is 0 Å². The summed E-state index contributed by atoms with van der Waals surface area (Å²) < 4.78 is 59.5. The molecule has 6 nitrogen and oxygen atoms in total. The minimum atomic E-state index is -5.08. The van der Waals surface area contributed by atoms with Gasteiger partial charge in [-0.3, -0.25) is 0 Å². The average Bonchev–Trinajstić information content (AvgIpc) is 2.02. The molecule has 0 radical (unpaired) electrons. The van der Waals surface area contributed by atoms with Gasteiger partial charge in [0.15, 0.2) is 5.94 Å². The van der Waals surface area contributed by atoms with Gasteiger partial charge in [-0.05, 0) is 0 Å². The van der Waals surface area contributed by atoms with E-state index in [1.807, 2.05) is 0 Å². The SMILES string of the molecule is O=C(O)C(F)(F)F.O=S1(=O)COCCN1. The highest BCUT2D eigenvalue weighted by atomic mass is 32.2. The van der Waals surface area contributed by atoms with E-state index in [1.165, 1.54) is 0 Å². The quantitative estimate of drug-likeness (QED) is 0.607. The molecule has 1 heterocycles. The largest absolute Gasteiger partial charge is 0.490 e. The van der Waals surface area contributed by atoms with Crippen molar-refractivity contribution in [1.29, 1.82) is 0 Å². The van der Waals surface area contributed by atoms with Crippen LogP contribution in [0.4, 0.5) is 13.2 Å². The zero-order chi connectivity index (χ0) is 12.1. The standard InChI is InChI=1S/C3H7NO3S.C2HF3O2/c5-8(6)3-7-2-1-4-8;3-2(4,5)1(6)7/h4H,1-3H2;(H,6,7). The van der Waals surface area contributed by atoms with Crippen LogP contribution < -0.4 is 4.72 Å². The molecule has 0 aromatic carbocycles. The van der Waals surface area contributed by atoms with E-state index in [9.17, 15) is 21.6 Å². The van der Waals surface area contributed by atoms with Gasteiger partial charge >= 0.3 is 12.1 Å². The monoisotopic (exact) mass is 251 g/mol. The number of nitrogens with one attached hydrogen (secondary N) is 1. The number of rotatable bonds is 0. The van der Waals surface area contributed by atoms with Crippen LogP contribution >= 0.6 is 0 Å². The Kier molecular flexibility index (Phi) is 4.97. The second-order valence-electron chi connectivity index (χ2n) is 2.34. The van der Waals surface area contributed by atoms with Gasteiger partial charge in [-0.2, -0.15) is 13.2 Å². The third kappa shape index (κ3) is 7.11.